The van der Waals surface area contributed by atoms with Gasteiger partial charge >= 0.3 is 6.03 Å². The summed E-state index contributed by atoms with van der Waals surface area (Å²) in [5.41, 5.74) is 8.13. The summed E-state index contributed by atoms with van der Waals surface area (Å²) in [4.78, 5) is 14.3. The number of carbonyl (C=O) groups excluding carboxylic acids is 1. The Morgan fingerprint density at radius 2 is 1.72 bits per heavy atom. The van der Waals surface area contributed by atoms with Gasteiger partial charge in [-0.05, 0) is 47.5 Å². The quantitative estimate of drug-likeness (QED) is 0.480. The van der Waals surface area contributed by atoms with Gasteiger partial charge in [0, 0.05) is 25.3 Å². The summed E-state index contributed by atoms with van der Waals surface area (Å²) in [6, 6.07) is 20.7. The zero-order chi connectivity index (χ0) is 22.1. The lowest BCUT2D eigenvalue weighted by molar-refractivity contribution is 0.210. The maximum atomic E-state index is 13.1. The zero-order valence-corrected chi connectivity index (χ0v) is 18.6. The van der Waals surface area contributed by atoms with Gasteiger partial charge in [0.15, 0.2) is 11.5 Å². The van der Waals surface area contributed by atoms with Crippen molar-refractivity contribution in [3.8, 4) is 11.5 Å². The Hall–Kier alpha value is -3.29. The molecule has 170 valence electrons. The Morgan fingerprint density at radius 3 is 2.38 bits per heavy atom. The van der Waals surface area contributed by atoms with Crippen molar-refractivity contribution < 1.29 is 18.7 Å². The summed E-state index contributed by atoms with van der Waals surface area (Å²) in [5.74, 6) is 0.842. The average molecular weight is 460 g/mol. The molecule has 0 aliphatic heterocycles. The number of methoxy groups -OCH3 is 1. The summed E-state index contributed by atoms with van der Waals surface area (Å²) < 4.78 is 24.5. The van der Waals surface area contributed by atoms with Crippen LogP contribution in [-0.2, 0) is 13.2 Å². The molecule has 8 heteroatoms. The number of rotatable bonds is 9. The number of urea groups is 1. The van der Waals surface area contributed by atoms with Crippen LogP contribution in [-0.4, -0.2) is 31.1 Å². The highest BCUT2D eigenvalue weighted by atomic mass is 35.5. The molecule has 2 amide bonds. The predicted octanol–water partition coefficient (Wildman–Crippen LogP) is 4.83. The summed E-state index contributed by atoms with van der Waals surface area (Å²) in [6.07, 6.45) is 0. The number of ether oxygens (including phenoxy) is 2. The van der Waals surface area contributed by atoms with Crippen molar-refractivity contribution in [2.45, 2.75) is 13.2 Å². The van der Waals surface area contributed by atoms with Crippen LogP contribution < -0.4 is 20.5 Å². The lowest BCUT2D eigenvalue weighted by atomic mass is 10.2. The van der Waals surface area contributed by atoms with Crippen LogP contribution in [0.4, 0.5) is 14.9 Å². The van der Waals surface area contributed by atoms with Crippen molar-refractivity contribution in [2.24, 2.45) is 5.73 Å². The van der Waals surface area contributed by atoms with E-state index in [-0.39, 0.29) is 24.3 Å². The summed E-state index contributed by atoms with van der Waals surface area (Å²) in [5, 5.41) is 2.76. The first kappa shape index (κ1) is 25.0. The molecule has 3 aromatic rings. The maximum absolute atomic E-state index is 13.1. The molecule has 32 heavy (non-hydrogen) atoms. The molecule has 0 aromatic heterocycles. The van der Waals surface area contributed by atoms with Crippen LogP contribution in [0.1, 0.15) is 11.1 Å². The third-order valence-electron chi connectivity index (χ3n) is 4.62. The van der Waals surface area contributed by atoms with Crippen LogP contribution >= 0.6 is 12.4 Å². The van der Waals surface area contributed by atoms with Gasteiger partial charge in [-0.1, -0.05) is 36.4 Å². The van der Waals surface area contributed by atoms with E-state index < -0.39 is 0 Å². The Morgan fingerprint density at radius 1 is 1.00 bits per heavy atom. The molecule has 0 heterocycles. The van der Waals surface area contributed by atoms with Crippen molar-refractivity contribution in [3.05, 3.63) is 89.7 Å². The molecule has 0 fully saturated rings. The van der Waals surface area contributed by atoms with Crippen molar-refractivity contribution in [1.29, 1.82) is 0 Å². The lowest BCUT2D eigenvalue weighted by Gasteiger charge is -2.23. The number of hydrogen-bond donors (Lipinski definition) is 2. The standard InChI is InChI=1S/C24H26FN3O3.ClH/c1-30-23-15-19(7-12-22(23)31-17-18-5-3-2-4-6-18)16-28(14-13-26)24(29)27-21-10-8-20(25)9-11-21;/h2-12,15H,13-14,16-17,26H2,1H3,(H,27,29);1H. The SMILES string of the molecule is COc1cc(CN(CCN)C(=O)Nc2ccc(F)cc2)ccc1OCc1ccccc1.Cl. The summed E-state index contributed by atoms with van der Waals surface area (Å²) in [7, 11) is 1.58. The molecule has 0 saturated carbocycles. The van der Waals surface area contributed by atoms with E-state index in [1.807, 2.05) is 48.5 Å². The Labute approximate surface area is 193 Å². The van der Waals surface area contributed by atoms with Crippen LogP contribution in [0.3, 0.4) is 0 Å². The van der Waals surface area contributed by atoms with Crippen LogP contribution in [0.15, 0.2) is 72.8 Å². The van der Waals surface area contributed by atoms with Gasteiger partial charge in [0.25, 0.3) is 0 Å². The molecule has 0 bridgehead atoms. The van der Waals surface area contributed by atoms with Gasteiger partial charge in [0.05, 0.1) is 7.11 Å². The second-order valence-electron chi connectivity index (χ2n) is 6.91. The molecular weight excluding hydrogens is 433 g/mol. The molecule has 0 aliphatic rings. The van der Waals surface area contributed by atoms with E-state index in [1.54, 1.807) is 12.0 Å². The highest BCUT2D eigenvalue weighted by Gasteiger charge is 2.15. The first-order valence-corrected chi connectivity index (χ1v) is 9.94. The van der Waals surface area contributed by atoms with E-state index in [0.717, 1.165) is 11.1 Å². The third kappa shape index (κ3) is 7.14. The molecular formula is C24H27ClFN3O3. The van der Waals surface area contributed by atoms with Gasteiger partial charge in [-0.3, -0.25) is 0 Å². The Bertz CT molecular complexity index is 988. The fraction of sp³-hybridized carbons (Fsp3) is 0.208. The van der Waals surface area contributed by atoms with Gasteiger partial charge in [-0.2, -0.15) is 0 Å². The molecule has 3 aromatic carbocycles. The molecule has 0 radical (unpaired) electrons. The van der Waals surface area contributed by atoms with E-state index in [2.05, 4.69) is 5.32 Å². The zero-order valence-electron chi connectivity index (χ0n) is 17.8. The van der Waals surface area contributed by atoms with Crippen molar-refractivity contribution in [3.63, 3.8) is 0 Å². The van der Waals surface area contributed by atoms with Gasteiger partial charge in [0.2, 0.25) is 0 Å². The number of carbonyl (C=O) groups is 1. The third-order valence-corrected chi connectivity index (χ3v) is 4.62. The predicted molar refractivity (Wildman–Crippen MR) is 126 cm³/mol. The number of hydrogen-bond acceptors (Lipinski definition) is 4. The minimum atomic E-state index is -0.363. The smallest absolute Gasteiger partial charge is 0.322 e. The second kappa shape index (κ2) is 12.5. The average Bonchev–Trinajstić information content (AvgIpc) is 2.80. The van der Waals surface area contributed by atoms with Crippen molar-refractivity contribution in [1.82, 2.24) is 4.90 Å². The van der Waals surface area contributed by atoms with Gasteiger partial charge < -0.3 is 25.4 Å². The number of benzene rings is 3. The number of anilines is 1. The van der Waals surface area contributed by atoms with E-state index >= 15 is 0 Å². The van der Waals surface area contributed by atoms with Gasteiger partial charge in [-0.25, -0.2) is 9.18 Å². The Kier molecular flexibility index (Phi) is 9.78. The van der Waals surface area contributed by atoms with Crippen LogP contribution in [0, 0.1) is 5.82 Å². The number of amides is 2. The fourth-order valence-electron chi connectivity index (χ4n) is 3.03. The highest BCUT2D eigenvalue weighted by Crippen LogP contribution is 2.29. The van der Waals surface area contributed by atoms with E-state index in [1.165, 1.54) is 24.3 Å². The monoisotopic (exact) mass is 459 g/mol. The van der Waals surface area contributed by atoms with Gasteiger partial charge in [0.1, 0.15) is 12.4 Å². The molecule has 6 nitrogen and oxygen atoms in total. The van der Waals surface area contributed by atoms with E-state index in [0.29, 0.717) is 43.4 Å². The number of nitrogens with one attached hydrogen (secondary N) is 1. The molecule has 0 aliphatic carbocycles. The minimum absolute atomic E-state index is 0. The molecule has 0 saturated heterocycles. The summed E-state index contributed by atoms with van der Waals surface area (Å²) >= 11 is 0. The minimum Gasteiger partial charge on any atom is -0.493 e. The second-order valence-corrected chi connectivity index (χ2v) is 6.91. The first-order chi connectivity index (χ1) is 15.1. The van der Waals surface area contributed by atoms with Crippen LogP contribution in [0.2, 0.25) is 0 Å². The first-order valence-electron chi connectivity index (χ1n) is 9.94. The molecule has 0 unspecified atom stereocenters. The largest absolute Gasteiger partial charge is 0.493 e. The topological polar surface area (TPSA) is 76.8 Å². The number of halogens is 2. The van der Waals surface area contributed by atoms with Crippen molar-refractivity contribution >= 4 is 24.1 Å². The fourth-order valence-corrected chi connectivity index (χ4v) is 3.03. The van der Waals surface area contributed by atoms with Gasteiger partial charge in [-0.15, -0.1) is 12.4 Å². The number of nitrogens with zero attached hydrogens (tertiary/aromatic N) is 1. The van der Waals surface area contributed by atoms with E-state index in [9.17, 15) is 9.18 Å². The Balaban J connectivity index is 0.00000363. The van der Waals surface area contributed by atoms with Crippen LogP contribution in [0.5, 0.6) is 11.5 Å². The molecule has 0 spiro atoms. The maximum Gasteiger partial charge on any atom is 0.322 e. The number of nitrogens with two attached hydrogens (primary N) is 1. The summed E-state index contributed by atoms with van der Waals surface area (Å²) in [6.45, 7) is 1.43. The van der Waals surface area contributed by atoms with E-state index in [4.69, 9.17) is 15.2 Å². The van der Waals surface area contributed by atoms with Crippen LogP contribution in [0.25, 0.3) is 0 Å². The molecule has 3 N–H and O–H groups in total. The lowest BCUT2D eigenvalue weighted by Crippen LogP contribution is -2.38. The molecule has 0 atom stereocenters. The van der Waals surface area contributed by atoms with Crippen molar-refractivity contribution in [2.75, 3.05) is 25.5 Å². The molecule has 3 rings (SSSR count). The highest BCUT2D eigenvalue weighted by molar-refractivity contribution is 5.89. The normalized spacial score (nSPS) is 10.1.